The number of rotatable bonds is 4. The summed E-state index contributed by atoms with van der Waals surface area (Å²) in [5, 5.41) is 7.62. The molecule has 0 unspecified atom stereocenters. The topological polar surface area (TPSA) is 6.48 Å². The van der Waals surface area contributed by atoms with Gasteiger partial charge in [-0.2, -0.15) is 0 Å². The average Bonchev–Trinajstić information content (AvgIpc) is 3.29. The first-order valence-electron chi connectivity index (χ1n) is 21.2. The molecule has 0 saturated carbocycles. The molecule has 0 aromatic heterocycles. The molecule has 60 heavy (non-hydrogen) atoms. The van der Waals surface area contributed by atoms with Crippen molar-refractivity contribution in [3.8, 4) is 22.3 Å². The minimum absolute atomic E-state index is 0.191. The van der Waals surface area contributed by atoms with Gasteiger partial charge in [0.1, 0.15) is 0 Å². The quantitative estimate of drug-likeness (QED) is 0.165. The van der Waals surface area contributed by atoms with Crippen molar-refractivity contribution in [1.29, 1.82) is 0 Å². The maximum absolute atomic E-state index is 2.53. The zero-order valence-electron chi connectivity index (χ0n) is 34.4. The Labute approximate surface area is 351 Å². The largest absolute Gasteiger partial charge is 0.309 e. The lowest BCUT2D eigenvalue weighted by Gasteiger charge is -2.43. The zero-order chi connectivity index (χ0) is 40.3. The van der Waals surface area contributed by atoms with E-state index in [1.54, 1.807) is 0 Å². The van der Waals surface area contributed by atoms with Gasteiger partial charge < -0.3 is 9.80 Å². The molecular formula is C58H44N2. The van der Waals surface area contributed by atoms with E-state index in [-0.39, 0.29) is 10.8 Å². The first kappa shape index (κ1) is 34.8. The lowest BCUT2D eigenvalue weighted by molar-refractivity contribution is 0.632. The van der Waals surface area contributed by atoms with Crippen LogP contribution in [0.15, 0.2) is 194 Å². The minimum Gasteiger partial charge on any atom is -0.309 e. The number of nitrogens with zero attached hydrogens (tertiary/aromatic N) is 2. The molecule has 10 aromatic rings. The molecule has 0 spiro atoms. The number of para-hydroxylation sites is 2. The molecular weight excluding hydrogens is 725 g/mol. The molecule has 2 nitrogen and oxygen atoms in total. The van der Waals surface area contributed by atoms with Crippen molar-refractivity contribution in [3.63, 3.8) is 0 Å². The maximum atomic E-state index is 2.53. The van der Waals surface area contributed by atoms with E-state index in [1.807, 2.05) is 0 Å². The van der Waals surface area contributed by atoms with E-state index in [0.717, 1.165) is 0 Å². The van der Waals surface area contributed by atoms with Crippen molar-refractivity contribution in [1.82, 2.24) is 0 Å². The lowest BCUT2D eigenvalue weighted by atomic mass is 9.72. The van der Waals surface area contributed by atoms with Crippen LogP contribution in [0.1, 0.15) is 49.9 Å². The van der Waals surface area contributed by atoms with E-state index < -0.39 is 0 Å². The van der Waals surface area contributed by atoms with Crippen molar-refractivity contribution >= 4 is 66.4 Å². The van der Waals surface area contributed by atoms with Crippen molar-refractivity contribution in [2.45, 2.75) is 38.5 Å². The number of anilines is 6. The van der Waals surface area contributed by atoms with Gasteiger partial charge in [-0.3, -0.25) is 0 Å². The second kappa shape index (κ2) is 12.7. The van der Waals surface area contributed by atoms with Gasteiger partial charge >= 0.3 is 0 Å². The highest BCUT2D eigenvalue weighted by atomic mass is 15.2. The highest BCUT2D eigenvalue weighted by Gasteiger charge is 2.39. The lowest BCUT2D eigenvalue weighted by Crippen LogP contribution is -2.30. The number of hydrogen-bond donors (Lipinski definition) is 0. The molecule has 2 aliphatic heterocycles. The summed E-state index contributed by atoms with van der Waals surface area (Å²) in [6.45, 7) is 9.51. The molecule has 0 saturated heterocycles. The highest BCUT2D eigenvalue weighted by molar-refractivity contribution is 6.28. The molecule has 0 N–H and O–H groups in total. The number of benzene rings is 10. The van der Waals surface area contributed by atoms with Crippen molar-refractivity contribution in [2.75, 3.05) is 9.80 Å². The van der Waals surface area contributed by atoms with Gasteiger partial charge in [0.05, 0.1) is 34.1 Å². The summed E-state index contributed by atoms with van der Waals surface area (Å²) in [7, 11) is 0. The van der Waals surface area contributed by atoms with Crippen molar-refractivity contribution in [2.24, 2.45) is 0 Å². The Bertz CT molecular complexity index is 3100. The Morgan fingerprint density at radius 2 is 0.633 bits per heavy atom. The Kier molecular flexibility index (Phi) is 7.36. The summed E-state index contributed by atoms with van der Waals surface area (Å²) in [6.07, 6.45) is 0. The van der Waals surface area contributed by atoms with Gasteiger partial charge in [0.15, 0.2) is 0 Å². The molecule has 0 radical (unpaired) electrons. The van der Waals surface area contributed by atoms with Gasteiger partial charge in [-0.05, 0) is 115 Å². The summed E-state index contributed by atoms with van der Waals surface area (Å²) < 4.78 is 0. The van der Waals surface area contributed by atoms with Crippen molar-refractivity contribution < 1.29 is 0 Å². The monoisotopic (exact) mass is 768 g/mol. The molecule has 0 aliphatic carbocycles. The third-order valence-corrected chi connectivity index (χ3v) is 13.8. The summed E-state index contributed by atoms with van der Waals surface area (Å²) in [5.74, 6) is 0. The van der Waals surface area contributed by atoms with Gasteiger partial charge in [-0.25, -0.2) is 0 Å². The normalized spacial score (nSPS) is 14.9. The van der Waals surface area contributed by atoms with Crippen LogP contribution in [-0.2, 0) is 10.8 Å². The molecule has 0 fully saturated rings. The summed E-state index contributed by atoms with van der Waals surface area (Å²) in [5.41, 5.74) is 17.2. The molecule has 2 heteroatoms. The van der Waals surface area contributed by atoms with E-state index in [0.29, 0.717) is 0 Å². The standard InChI is InChI=1S/C58H44N2/c1-57(2)45-19-11-13-21-51(45)59(53-33-27-41(35-47(53)57)37-15-7-5-8-16-37)49-31-25-39-24-30-44-50(32-26-40-23-29-43(49)55(39)56(40)44)60-52-22-14-12-20-46(52)58(3,4)48-36-42(28-34-54(48)60)38-17-9-6-10-18-38/h5-36H,1-4H3. The van der Waals surface area contributed by atoms with Crippen LogP contribution in [0.2, 0.25) is 0 Å². The smallest absolute Gasteiger partial charge is 0.0540 e. The Morgan fingerprint density at radius 3 is 1.07 bits per heavy atom. The number of fused-ring (bicyclic) bond motifs is 4. The fourth-order valence-corrected chi connectivity index (χ4v) is 10.7. The Morgan fingerprint density at radius 1 is 0.283 bits per heavy atom. The second-order valence-corrected chi connectivity index (χ2v) is 17.7. The van der Waals surface area contributed by atoms with Gasteiger partial charge in [-0.1, -0.05) is 173 Å². The molecule has 2 heterocycles. The van der Waals surface area contributed by atoms with Crippen molar-refractivity contribution in [3.05, 3.63) is 216 Å². The predicted molar refractivity (Wildman–Crippen MR) is 255 cm³/mol. The molecule has 286 valence electrons. The third-order valence-electron chi connectivity index (χ3n) is 13.8. The van der Waals surface area contributed by atoms with Crippen LogP contribution in [0, 0.1) is 0 Å². The molecule has 0 amide bonds. The van der Waals surface area contributed by atoms with Crippen LogP contribution in [0.25, 0.3) is 54.6 Å². The molecule has 0 bridgehead atoms. The first-order chi connectivity index (χ1) is 29.3. The van der Waals surface area contributed by atoms with Crippen LogP contribution < -0.4 is 9.80 Å². The molecule has 0 atom stereocenters. The number of hydrogen-bond acceptors (Lipinski definition) is 2. The second-order valence-electron chi connectivity index (χ2n) is 17.7. The fourth-order valence-electron chi connectivity index (χ4n) is 10.7. The predicted octanol–water partition coefficient (Wildman–Crippen LogP) is 16.1. The first-order valence-corrected chi connectivity index (χ1v) is 21.2. The Balaban J connectivity index is 1.09. The van der Waals surface area contributed by atoms with E-state index in [2.05, 4.69) is 232 Å². The van der Waals surface area contributed by atoms with Crippen LogP contribution >= 0.6 is 0 Å². The maximum Gasteiger partial charge on any atom is 0.0540 e. The fraction of sp³-hybridized carbons (Fsp3) is 0.103. The summed E-state index contributed by atoms with van der Waals surface area (Å²) >= 11 is 0. The summed E-state index contributed by atoms with van der Waals surface area (Å²) in [6, 6.07) is 72.4. The molecule has 12 rings (SSSR count). The molecule has 10 aromatic carbocycles. The van der Waals surface area contributed by atoms with E-state index in [4.69, 9.17) is 0 Å². The van der Waals surface area contributed by atoms with E-state index in [1.165, 1.54) is 111 Å². The third kappa shape index (κ3) is 4.88. The van der Waals surface area contributed by atoms with E-state index >= 15 is 0 Å². The highest BCUT2D eigenvalue weighted by Crippen LogP contribution is 2.57. The molecule has 2 aliphatic rings. The van der Waals surface area contributed by atoms with Gasteiger partial charge in [-0.15, -0.1) is 0 Å². The van der Waals surface area contributed by atoms with E-state index in [9.17, 15) is 0 Å². The minimum atomic E-state index is -0.191. The SMILES string of the molecule is CC1(C)c2ccccc2N(c2ccc3ccc4c(N5c6ccccc6C(C)(C)c6cc(-c7ccccc7)ccc65)ccc5ccc2c3c54)c2ccc(-c3ccccc3)cc21. The van der Waals surface area contributed by atoms with Gasteiger partial charge in [0.25, 0.3) is 0 Å². The average molecular weight is 769 g/mol. The van der Waals surface area contributed by atoms with Crippen LogP contribution in [0.5, 0.6) is 0 Å². The van der Waals surface area contributed by atoms with Gasteiger partial charge in [0, 0.05) is 21.6 Å². The van der Waals surface area contributed by atoms with Gasteiger partial charge in [0.2, 0.25) is 0 Å². The summed E-state index contributed by atoms with van der Waals surface area (Å²) in [4.78, 5) is 5.06. The zero-order valence-corrected chi connectivity index (χ0v) is 34.4. The van der Waals surface area contributed by atoms with Crippen LogP contribution in [0.3, 0.4) is 0 Å². The van der Waals surface area contributed by atoms with Crippen LogP contribution in [-0.4, -0.2) is 0 Å². The van der Waals surface area contributed by atoms with Crippen LogP contribution in [0.4, 0.5) is 34.1 Å². The Hall–Kier alpha value is -7.16.